The number of nitrogens with two attached hydrogens (primary N) is 2. The van der Waals surface area contributed by atoms with Crippen molar-refractivity contribution in [2.24, 2.45) is 16.9 Å². The standard InChI is InChI=1S/C14H24N2/c1-4-5-11-6-8-12(9-7-11)13(16)14(2,3)10-15/h6-9,13H,4-5,10,15-16H2,1-3H3. The van der Waals surface area contributed by atoms with Crippen LogP contribution >= 0.6 is 0 Å². The Morgan fingerprint density at radius 2 is 1.75 bits per heavy atom. The van der Waals surface area contributed by atoms with E-state index in [2.05, 4.69) is 45.0 Å². The molecule has 2 nitrogen and oxygen atoms in total. The number of rotatable bonds is 5. The maximum atomic E-state index is 6.23. The highest BCUT2D eigenvalue weighted by atomic mass is 14.7. The molecule has 0 radical (unpaired) electrons. The molecule has 0 aliphatic rings. The van der Waals surface area contributed by atoms with Crippen LogP contribution in [0.3, 0.4) is 0 Å². The van der Waals surface area contributed by atoms with Crippen LogP contribution in [0, 0.1) is 5.41 Å². The monoisotopic (exact) mass is 220 g/mol. The third kappa shape index (κ3) is 3.06. The van der Waals surface area contributed by atoms with Crippen LogP contribution in [0.15, 0.2) is 24.3 Å². The summed E-state index contributed by atoms with van der Waals surface area (Å²) in [6, 6.07) is 8.62. The van der Waals surface area contributed by atoms with Gasteiger partial charge in [-0.15, -0.1) is 0 Å². The van der Waals surface area contributed by atoms with Gasteiger partial charge in [-0.25, -0.2) is 0 Å². The van der Waals surface area contributed by atoms with E-state index in [4.69, 9.17) is 11.5 Å². The van der Waals surface area contributed by atoms with E-state index >= 15 is 0 Å². The van der Waals surface area contributed by atoms with Crippen LogP contribution < -0.4 is 11.5 Å². The molecule has 4 N–H and O–H groups in total. The Labute approximate surface area is 99.0 Å². The fourth-order valence-electron chi connectivity index (χ4n) is 1.76. The van der Waals surface area contributed by atoms with Crippen molar-refractivity contribution in [1.29, 1.82) is 0 Å². The first-order valence-electron chi connectivity index (χ1n) is 6.05. The summed E-state index contributed by atoms with van der Waals surface area (Å²) in [6.45, 7) is 7.01. The molecule has 0 heterocycles. The molecule has 1 unspecified atom stereocenters. The molecular weight excluding hydrogens is 196 g/mol. The maximum Gasteiger partial charge on any atom is 0.0358 e. The summed E-state index contributed by atoms with van der Waals surface area (Å²) in [5.41, 5.74) is 14.5. The summed E-state index contributed by atoms with van der Waals surface area (Å²) in [7, 11) is 0. The fraction of sp³-hybridized carbons (Fsp3) is 0.571. The summed E-state index contributed by atoms with van der Waals surface area (Å²) in [6.07, 6.45) is 2.31. The smallest absolute Gasteiger partial charge is 0.0358 e. The second-order valence-corrected chi connectivity index (χ2v) is 5.16. The minimum Gasteiger partial charge on any atom is -0.330 e. The van der Waals surface area contributed by atoms with E-state index in [-0.39, 0.29) is 11.5 Å². The van der Waals surface area contributed by atoms with Crippen molar-refractivity contribution in [3.05, 3.63) is 35.4 Å². The summed E-state index contributed by atoms with van der Waals surface area (Å²) < 4.78 is 0. The summed E-state index contributed by atoms with van der Waals surface area (Å²) in [5, 5.41) is 0. The van der Waals surface area contributed by atoms with Crippen LogP contribution in [0.2, 0.25) is 0 Å². The zero-order valence-electron chi connectivity index (χ0n) is 10.7. The number of hydrogen-bond donors (Lipinski definition) is 2. The molecule has 0 aliphatic heterocycles. The molecule has 0 bridgehead atoms. The Morgan fingerprint density at radius 3 is 2.19 bits per heavy atom. The van der Waals surface area contributed by atoms with E-state index in [0.717, 1.165) is 6.42 Å². The molecular formula is C14H24N2. The van der Waals surface area contributed by atoms with E-state index in [1.807, 2.05) is 0 Å². The topological polar surface area (TPSA) is 52.0 Å². The predicted molar refractivity (Wildman–Crippen MR) is 70.2 cm³/mol. The van der Waals surface area contributed by atoms with Gasteiger partial charge in [0.2, 0.25) is 0 Å². The molecule has 1 atom stereocenters. The Balaban J connectivity index is 2.81. The minimum atomic E-state index is -0.0493. The van der Waals surface area contributed by atoms with Gasteiger partial charge >= 0.3 is 0 Å². The van der Waals surface area contributed by atoms with Gasteiger partial charge in [0.1, 0.15) is 0 Å². The van der Waals surface area contributed by atoms with Crippen molar-refractivity contribution in [3.8, 4) is 0 Å². The minimum absolute atomic E-state index is 0.00757. The van der Waals surface area contributed by atoms with Gasteiger partial charge in [-0.2, -0.15) is 0 Å². The Hall–Kier alpha value is -0.860. The third-order valence-corrected chi connectivity index (χ3v) is 3.25. The molecule has 16 heavy (non-hydrogen) atoms. The van der Waals surface area contributed by atoms with Gasteiger partial charge in [-0.3, -0.25) is 0 Å². The van der Waals surface area contributed by atoms with E-state index in [0.29, 0.717) is 6.54 Å². The summed E-state index contributed by atoms with van der Waals surface area (Å²) in [5.74, 6) is 0. The van der Waals surface area contributed by atoms with Gasteiger partial charge in [-0.1, -0.05) is 51.5 Å². The first-order valence-corrected chi connectivity index (χ1v) is 6.05. The lowest BCUT2D eigenvalue weighted by molar-refractivity contribution is 0.301. The van der Waals surface area contributed by atoms with Crippen molar-refractivity contribution in [3.63, 3.8) is 0 Å². The first kappa shape index (κ1) is 13.2. The van der Waals surface area contributed by atoms with E-state index in [1.165, 1.54) is 17.5 Å². The number of hydrogen-bond acceptors (Lipinski definition) is 2. The molecule has 2 heteroatoms. The molecule has 0 saturated heterocycles. The zero-order chi connectivity index (χ0) is 12.2. The van der Waals surface area contributed by atoms with Crippen LogP contribution in [0.4, 0.5) is 0 Å². The highest BCUT2D eigenvalue weighted by molar-refractivity contribution is 5.26. The lowest BCUT2D eigenvalue weighted by Crippen LogP contribution is -2.35. The molecule has 90 valence electrons. The van der Waals surface area contributed by atoms with Crippen LogP contribution in [-0.4, -0.2) is 6.54 Å². The van der Waals surface area contributed by atoms with Gasteiger partial charge in [-0.05, 0) is 29.5 Å². The van der Waals surface area contributed by atoms with Gasteiger partial charge in [0.05, 0.1) is 0 Å². The van der Waals surface area contributed by atoms with Gasteiger partial charge in [0, 0.05) is 6.04 Å². The lowest BCUT2D eigenvalue weighted by atomic mass is 9.81. The molecule has 1 rings (SSSR count). The van der Waals surface area contributed by atoms with Crippen LogP contribution in [0.1, 0.15) is 44.4 Å². The highest BCUT2D eigenvalue weighted by Gasteiger charge is 2.25. The Bertz CT molecular complexity index is 314. The molecule has 0 aliphatic carbocycles. The third-order valence-electron chi connectivity index (χ3n) is 3.25. The quantitative estimate of drug-likeness (QED) is 0.801. The molecule has 0 saturated carbocycles. The summed E-state index contributed by atoms with van der Waals surface area (Å²) >= 11 is 0. The molecule has 1 aromatic rings. The first-order chi connectivity index (χ1) is 7.51. The van der Waals surface area contributed by atoms with Gasteiger partial charge < -0.3 is 11.5 Å². The van der Waals surface area contributed by atoms with Gasteiger partial charge in [0.15, 0.2) is 0 Å². The van der Waals surface area contributed by atoms with Crippen molar-refractivity contribution >= 4 is 0 Å². The normalized spacial score (nSPS) is 13.8. The van der Waals surface area contributed by atoms with E-state index < -0.39 is 0 Å². The molecule has 0 aromatic heterocycles. The maximum absolute atomic E-state index is 6.23. The van der Waals surface area contributed by atoms with Crippen molar-refractivity contribution < 1.29 is 0 Å². The average molecular weight is 220 g/mol. The highest BCUT2D eigenvalue weighted by Crippen LogP contribution is 2.30. The number of aryl methyl sites for hydroxylation is 1. The molecule has 0 fully saturated rings. The molecule has 0 amide bonds. The van der Waals surface area contributed by atoms with Crippen molar-refractivity contribution in [1.82, 2.24) is 0 Å². The van der Waals surface area contributed by atoms with Crippen LogP contribution in [0.25, 0.3) is 0 Å². The largest absolute Gasteiger partial charge is 0.330 e. The van der Waals surface area contributed by atoms with Crippen molar-refractivity contribution in [2.75, 3.05) is 6.54 Å². The second kappa shape index (κ2) is 5.46. The predicted octanol–water partition coefficient (Wildman–Crippen LogP) is 2.62. The average Bonchev–Trinajstić information content (AvgIpc) is 2.29. The lowest BCUT2D eigenvalue weighted by Gasteiger charge is -2.30. The van der Waals surface area contributed by atoms with Crippen LogP contribution in [0.5, 0.6) is 0 Å². The van der Waals surface area contributed by atoms with Crippen LogP contribution in [-0.2, 0) is 6.42 Å². The van der Waals surface area contributed by atoms with Gasteiger partial charge in [0.25, 0.3) is 0 Å². The molecule has 0 spiro atoms. The zero-order valence-corrected chi connectivity index (χ0v) is 10.7. The Kier molecular flexibility index (Phi) is 4.51. The van der Waals surface area contributed by atoms with Crippen molar-refractivity contribution in [2.45, 2.75) is 39.7 Å². The second-order valence-electron chi connectivity index (χ2n) is 5.16. The van der Waals surface area contributed by atoms with E-state index in [1.54, 1.807) is 0 Å². The Morgan fingerprint density at radius 1 is 1.19 bits per heavy atom. The SMILES string of the molecule is CCCc1ccc(C(N)C(C)(C)CN)cc1. The number of benzene rings is 1. The summed E-state index contributed by atoms with van der Waals surface area (Å²) in [4.78, 5) is 0. The fourth-order valence-corrected chi connectivity index (χ4v) is 1.76. The molecule has 1 aromatic carbocycles. The van der Waals surface area contributed by atoms with E-state index in [9.17, 15) is 0 Å².